The van der Waals surface area contributed by atoms with Gasteiger partial charge in [-0.1, -0.05) is 70.7 Å². The van der Waals surface area contributed by atoms with E-state index in [2.05, 4.69) is 0 Å². The number of carbonyl (C=O) groups is 1. The molecule has 0 N–H and O–H groups in total. The smallest absolute Gasteiger partial charge is 0.170 e. The van der Waals surface area contributed by atoms with Gasteiger partial charge in [0.05, 0.1) is 26.0 Å². The Labute approximate surface area is 176 Å². The van der Waals surface area contributed by atoms with Gasteiger partial charge in [-0.3, -0.25) is 4.79 Å². The maximum Gasteiger partial charge on any atom is 0.170 e. The van der Waals surface area contributed by atoms with Crippen LogP contribution in [-0.2, 0) is 6.42 Å². The third-order valence-corrected chi connectivity index (χ3v) is 5.67. The fourth-order valence-electron chi connectivity index (χ4n) is 2.84. The monoisotopic (exact) mass is 440 g/mol. The molecular weight excluding hydrogens is 429 g/mol. The zero-order valence-corrected chi connectivity index (χ0v) is 16.9. The highest BCUT2D eigenvalue weighted by Crippen LogP contribution is 2.32. The molecule has 0 aliphatic carbocycles. The molecule has 1 atom stereocenters. The van der Waals surface area contributed by atoms with Crippen molar-refractivity contribution in [2.75, 3.05) is 0 Å². The van der Waals surface area contributed by atoms with Crippen LogP contribution in [0.25, 0.3) is 0 Å². The van der Waals surface area contributed by atoms with Gasteiger partial charge in [0, 0.05) is 5.56 Å². The summed E-state index contributed by atoms with van der Waals surface area (Å²) < 4.78 is 13.6. The minimum absolute atomic E-state index is 0.223. The second kappa shape index (κ2) is 8.62. The first-order valence-corrected chi connectivity index (χ1v) is 9.55. The number of hydrogen-bond acceptors (Lipinski definition) is 1. The lowest BCUT2D eigenvalue weighted by molar-refractivity contribution is 0.0958. The molecule has 0 aliphatic heterocycles. The summed E-state index contributed by atoms with van der Waals surface area (Å²) >= 11 is 24.2. The Morgan fingerprint density at radius 2 is 1.48 bits per heavy atom. The lowest BCUT2D eigenvalue weighted by atomic mass is 9.85. The third-order valence-electron chi connectivity index (χ3n) is 4.20. The fourth-order valence-corrected chi connectivity index (χ4v) is 3.46. The molecule has 0 radical (unpaired) electrons. The molecule has 0 fully saturated rings. The van der Waals surface area contributed by atoms with Gasteiger partial charge in [-0.25, -0.2) is 4.39 Å². The van der Waals surface area contributed by atoms with Crippen molar-refractivity contribution in [1.82, 2.24) is 0 Å². The van der Waals surface area contributed by atoms with Crippen molar-refractivity contribution in [3.63, 3.8) is 0 Å². The van der Waals surface area contributed by atoms with Gasteiger partial charge in [-0.15, -0.1) is 0 Å². The normalized spacial score (nSPS) is 12.0. The molecule has 0 heterocycles. The Bertz CT molecular complexity index is 1000. The quantitative estimate of drug-likeness (QED) is 0.371. The summed E-state index contributed by atoms with van der Waals surface area (Å²) in [6.45, 7) is 0. The molecule has 1 nitrogen and oxygen atoms in total. The predicted octanol–water partition coefficient (Wildman–Crippen LogP) is 7.65. The van der Waals surface area contributed by atoms with Gasteiger partial charge < -0.3 is 0 Å². The molecule has 3 rings (SSSR count). The molecule has 0 bridgehead atoms. The van der Waals surface area contributed by atoms with E-state index in [1.807, 2.05) is 0 Å². The Balaban J connectivity index is 2.03. The summed E-state index contributed by atoms with van der Waals surface area (Å²) in [4.78, 5) is 13.1. The van der Waals surface area contributed by atoms with Crippen LogP contribution in [0.2, 0.25) is 20.1 Å². The first kappa shape index (κ1) is 20.2. The summed E-state index contributed by atoms with van der Waals surface area (Å²) in [6, 6.07) is 15.9. The van der Waals surface area contributed by atoms with E-state index in [-0.39, 0.29) is 11.3 Å². The molecule has 0 aromatic heterocycles. The topological polar surface area (TPSA) is 17.1 Å². The molecule has 3 aromatic rings. The Morgan fingerprint density at radius 3 is 2.11 bits per heavy atom. The average Bonchev–Trinajstić information content (AvgIpc) is 2.64. The summed E-state index contributed by atoms with van der Waals surface area (Å²) in [7, 11) is 0. The maximum atomic E-state index is 13.6. The fraction of sp³-hybridized carbons (Fsp3) is 0.0952. The van der Waals surface area contributed by atoms with Crippen molar-refractivity contribution in [2.45, 2.75) is 12.3 Å². The Hall–Kier alpha value is -1.58. The number of halogens is 5. The van der Waals surface area contributed by atoms with E-state index in [4.69, 9.17) is 46.4 Å². The molecule has 0 saturated heterocycles. The summed E-state index contributed by atoms with van der Waals surface area (Å²) in [6.07, 6.45) is 0.351. The van der Waals surface area contributed by atoms with E-state index >= 15 is 0 Å². The second-order valence-electron chi connectivity index (χ2n) is 6.05. The second-order valence-corrected chi connectivity index (χ2v) is 7.68. The number of hydrogen-bond donors (Lipinski definition) is 0. The van der Waals surface area contributed by atoms with E-state index < -0.39 is 11.7 Å². The minimum Gasteiger partial charge on any atom is -0.293 e. The molecule has 0 aliphatic rings. The van der Waals surface area contributed by atoms with E-state index in [9.17, 15) is 9.18 Å². The van der Waals surface area contributed by atoms with Gasteiger partial charge in [0.25, 0.3) is 0 Å². The molecule has 0 saturated carbocycles. The number of ketones is 1. The minimum atomic E-state index is -0.584. The third kappa shape index (κ3) is 4.83. The first-order chi connectivity index (χ1) is 12.8. The van der Waals surface area contributed by atoms with Gasteiger partial charge >= 0.3 is 0 Å². The standard InChI is InChI=1S/C21H13Cl4FO/c22-17-6-4-12(9-19(17)24)8-16(13-5-7-18(23)20(25)11-13)21(27)14-2-1-3-15(26)10-14/h1-7,9-11,16H,8H2. The van der Waals surface area contributed by atoms with Crippen molar-refractivity contribution in [1.29, 1.82) is 0 Å². The van der Waals surface area contributed by atoms with E-state index in [1.165, 1.54) is 18.2 Å². The molecular formula is C21H13Cl4FO. The molecule has 1 unspecified atom stereocenters. The summed E-state index contributed by atoms with van der Waals surface area (Å²) in [5, 5.41) is 1.58. The molecule has 138 valence electrons. The van der Waals surface area contributed by atoms with Gasteiger partial charge in [-0.05, 0) is 53.9 Å². The lowest BCUT2D eigenvalue weighted by Crippen LogP contribution is -2.16. The maximum absolute atomic E-state index is 13.6. The predicted molar refractivity (Wildman–Crippen MR) is 110 cm³/mol. The van der Waals surface area contributed by atoms with Crippen molar-refractivity contribution in [2.24, 2.45) is 0 Å². The molecule has 0 spiro atoms. The van der Waals surface area contributed by atoms with Gasteiger partial charge in [0.15, 0.2) is 5.78 Å². The van der Waals surface area contributed by atoms with Gasteiger partial charge in [0.1, 0.15) is 5.82 Å². The van der Waals surface area contributed by atoms with Crippen LogP contribution in [0.5, 0.6) is 0 Å². The summed E-state index contributed by atoms with van der Waals surface area (Å²) in [5.41, 5.74) is 1.79. The van der Waals surface area contributed by atoms with Crippen LogP contribution >= 0.6 is 46.4 Å². The Kier molecular flexibility index (Phi) is 6.44. The van der Waals surface area contributed by atoms with Crippen LogP contribution in [0.15, 0.2) is 60.7 Å². The van der Waals surface area contributed by atoms with Crippen LogP contribution < -0.4 is 0 Å². The van der Waals surface area contributed by atoms with Crippen LogP contribution in [0.4, 0.5) is 4.39 Å². The lowest BCUT2D eigenvalue weighted by Gasteiger charge is -2.18. The number of Topliss-reactive ketones (excluding diaryl/α,β-unsaturated/α-hetero) is 1. The van der Waals surface area contributed by atoms with E-state index in [0.29, 0.717) is 32.1 Å². The highest BCUT2D eigenvalue weighted by molar-refractivity contribution is 6.42. The first-order valence-electron chi connectivity index (χ1n) is 8.04. The number of rotatable bonds is 5. The molecule has 0 amide bonds. The van der Waals surface area contributed by atoms with E-state index in [0.717, 1.165) is 5.56 Å². The summed E-state index contributed by atoms with van der Waals surface area (Å²) in [5.74, 6) is -1.28. The van der Waals surface area contributed by atoms with Crippen LogP contribution in [0, 0.1) is 5.82 Å². The van der Waals surface area contributed by atoms with Gasteiger partial charge in [0.2, 0.25) is 0 Å². The number of benzene rings is 3. The zero-order chi connectivity index (χ0) is 19.6. The Morgan fingerprint density at radius 1 is 0.815 bits per heavy atom. The molecule has 27 heavy (non-hydrogen) atoms. The van der Waals surface area contributed by atoms with E-state index in [1.54, 1.807) is 42.5 Å². The van der Waals surface area contributed by atoms with Crippen LogP contribution in [-0.4, -0.2) is 5.78 Å². The largest absolute Gasteiger partial charge is 0.293 e. The zero-order valence-electron chi connectivity index (χ0n) is 13.9. The van der Waals surface area contributed by atoms with Crippen LogP contribution in [0.3, 0.4) is 0 Å². The molecule has 6 heteroatoms. The van der Waals surface area contributed by atoms with Gasteiger partial charge in [-0.2, -0.15) is 0 Å². The van der Waals surface area contributed by atoms with Crippen molar-refractivity contribution < 1.29 is 9.18 Å². The highest BCUT2D eigenvalue weighted by Gasteiger charge is 2.24. The molecule has 3 aromatic carbocycles. The number of carbonyl (C=O) groups excluding carboxylic acids is 1. The van der Waals surface area contributed by atoms with Crippen LogP contribution in [0.1, 0.15) is 27.4 Å². The average molecular weight is 442 g/mol. The SMILES string of the molecule is O=C(c1cccc(F)c1)C(Cc1ccc(Cl)c(Cl)c1)c1ccc(Cl)c(Cl)c1. The van der Waals surface area contributed by atoms with Crippen molar-refractivity contribution in [3.8, 4) is 0 Å². The highest BCUT2D eigenvalue weighted by atomic mass is 35.5. The van der Waals surface area contributed by atoms with Crippen molar-refractivity contribution >= 4 is 52.2 Å². The van der Waals surface area contributed by atoms with Crippen molar-refractivity contribution in [3.05, 3.63) is 103 Å².